The van der Waals surface area contributed by atoms with Crippen LogP contribution in [0.25, 0.3) is 0 Å². The molecule has 0 bridgehead atoms. The van der Waals surface area contributed by atoms with E-state index in [1.165, 1.54) is 10.4 Å². The molecule has 0 aliphatic carbocycles. The zero-order chi connectivity index (χ0) is 14.9. The van der Waals surface area contributed by atoms with Crippen molar-refractivity contribution in [1.82, 2.24) is 4.31 Å². The second kappa shape index (κ2) is 7.00. The van der Waals surface area contributed by atoms with Gasteiger partial charge in [-0.25, -0.2) is 17.2 Å². The Hall–Kier alpha value is -0.760. The van der Waals surface area contributed by atoms with E-state index in [-0.39, 0.29) is 37.5 Å². The Balaban J connectivity index is 0.00000220. The molecule has 1 unspecified atom stereocenters. The quantitative estimate of drug-likeness (QED) is 0.916. The van der Waals surface area contributed by atoms with Crippen LogP contribution in [-0.2, 0) is 10.0 Å². The molecule has 1 aliphatic heterocycles. The first-order valence-electron chi connectivity index (χ1n) is 6.53. The Morgan fingerprint density at radius 1 is 1.29 bits per heavy atom. The number of piperidine rings is 1. The van der Waals surface area contributed by atoms with Crippen LogP contribution in [0.3, 0.4) is 0 Å². The minimum Gasteiger partial charge on any atom is -0.328 e. The number of benzene rings is 1. The van der Waals surface area contributed by atoms with Crippen LogP contribution in [0.5, 0.6) is 0 Å². The minimum absolute atomic E-state index is 0. The lowest BCUT2D eigenvalue weighted by atomic mass is 9.92. The molecule has 1 aromatic rings. The van der Waals surface area contributed by atoms with Crippen LogP contribution in [0.4, 0.5) is 8.78 Å². The van der Waals surface area contributed by atoms with Gasteiger partial charge < -0.3 is 5.73 Å². The van der Waals surface area contributed by atoms with Gasteiger partial charge in [0.25, 0.3) is 0 Å². The number of nitrogens with two attached hydrogens (primary N) is 1. The normalized spacial score (nSPS) is 19.0. The second-order valence-corrected chi connectivity index (χ2v) is 7.06. The first-order chi connectivity index (χ1) is 9.34. The predicted octanol–water partition coefficient (Wildman–Crippen LogP) is 2.13. The van der Waals surface area contributed by atoms with Gasteiger partial charge in [0.1, 0.15) is 4.90 Å². The molecule has 1 heterocycles. The van der Waals surface area contributed by atoms with Crippen molar-refractivity contribution in [1.29, 1.82) is 0 Å². The first kappa shape index (κ1) is 18.3. The van der Waals surface area contributed by atoms with Crippen LogP contribution in [0, 0.1) is 17.6 Å². The van der Waals surface area contributed by atoms with E-state index in [2.05, 4.69) is 0 Å². The second-order valence-electron chi connectivity index (χ2n) is 5.15. The highest BCUT2D eigenvalue weighted by molar-refractivity contribution is 7.89. The number of hydrogen-bond acceptors (Lipinski definition) is 3. The molecule has 2 N–H and O–H groups in total. The van der Waals surface area contributed by atoms with Crippen molar-refractivity contribution in [3.05, 3.63) is 29.8 Å². The van der Waals surface area contributed by atoms with E-state index in [0.29, 0.717) is 12.8 Å². The average molecular weight is 341 g/mol. The Morgan fingerprint density at radius 3 is 2.38 bits per heavy atom. The molecule has 21 heavy (non-hydrogen) atoms. The minimum atomic E-state index is -3.99. The molecule has 1 atom stereocenters. The van der Waals surface area contributed by atoms with E-state index >= 15 is 0 Å². The summed E-state index contributed by atoms with van der Waals surface area (Å²) in [5, 5.41) is 0. The predicted molar refractivity (Wildman–Crippen MR) is 78.7 cm³/mol. The van der Waals surface area contributed by atoms with Gasteiger partial charge in [-0.3, -0.25) is 0 Å². The standard InChI is InChI=1S/C13H18F2N2O2S.ClH/c1-9(16)10-5-7-17(8-6-10)20(18,19)12-4-2-3-11(14)13(12)15;/h2-4,9-10H,5-8,16H2,1H3;1H. The molecule has 0 aromatic heterocycles. The molecule has 2 rings (SSSR count). The van der Waals surface area contributed by atoms with Crippen LogP contribution >= 0.6 is 12.4 Å². The van der Waals surface area contributed by atoms with Gasteiger partial charge in [0.05, 0.1) is 0 Å². The van der Waals surface area contributed by atoms with Gasteiger partial charge in [0.15, 0.2) is 11.6 Å². The number of hydrogen-bond donors (Lipinski definition) is 1. The molecule has 0 radical (unpaired) electrons. The Bertz CT molecular complexity index is 588. The van der Waals surface area contributed by atoms with Gasteiger partial charge in [0.2, 0.25) is 10.0 Å². The van der Waals surface area contributed by atoms with E-state index < -0.39 is 26.6 Å². The van der Waals surface area contributed by atoms with Crippen molar-refractivity contribution < 1.29 is 17.2 Å². The zero-order valence-electron chi connectivity index (χ0n) is 11.6. The van der Waals surface area contributed by atoms with Crippen molar-refractivity contribution in [3.63, 3.8) is 0 Å². The van der Waals surface area contributed by atoms with Crippen molar-refractivity contribution >= 4 is 22.4 Å². The van der Waals surface area contributed by atoms with Crippen molar-refractivity contribution in [3.8, 4) is 0 Å². The van der Waals surface area contributed by atoms with E-state index in [0.717, 1.165) is 12.1 Å². The Morgan fingerprint density at radius 2 is 1.86 bits per heavy atom. The van der Waals surface area contributed by atoms with Crippen molar-refractivity contribution in [2.24, 2.45) is 11.7 Å². The van der Waals surface area contributed by atoms with Gasteiger partial charge in [-0.2, -0.15) is 4.31 Å². The maximum atomic E-state index is 13.7. The molecular formula is C13H19ClF2N2O2S. The first-order valence-corrected chi connectivity index (χ1v) is 7.98. The highest BCUT2D eigenvalue weighted by Crippen LogP contribution is 2.27. The Kier molecular flexibility index (Phi) is 6.10. The number of rotatable bonds is 3. The zero-order valence-corrected chi connectivity index (χ0v) is 13.3. The summed E-state index contributed by atoms with van der Waals surface area (Å²) < 4.78 is 52.7. The molecule has 4 nitrogen and oxygen atoms in total. The summed E-state index contributed by atoms with van der Waals surface area (Å²) in [4.78, 5) is -0.600. The lowest BCUT2D eigenvalue weighted by molar-refractivity contribution is 0.250. The maximum Gasteiger partial charge on any atom is 0.246 e. The third-order valence-corrected chi connectivity index (χ3v) is 5.69. The van der Waals surface area contributed by atoms with Crippen LogP contribution in [0.1, 0.15) is 19.8 Å². The summed E-state index contributed by atoms with van der Waals surface area (Å²) in [6.07, 6.45) is 1.27. The molecule has 0 saturated carbocycles. The van der Waals surface area contributed by atoms with E-state index in [4.69, 9.17) is 5.73 Å². The molecule has 0 spiro atoms. The summed E-state index contributed by atoms with van der Waals surface area (Å²) >= 11 is 0. The topological polar surface area (TPSA) is 63.4 Å². The van der Waals surface area contributed by atoms with E-state index in [9.17, 15) is 17.2 Å². The molecule has 1 fully saturated rings. The summed E-state index contributed by atoms with van der Waals surface area (Å²) in [7, 11) is -3.99. The summed E-state index contributed by atoms with van der Waals surface area (Å²) in [5.41, 5.74) is 5.80. The third-order valence-electron chi connectivity index (χ3n) is 3.78. The van der Waals surface area contributed by atoms with E-state index in [1.54, 1.807) is 0 Å². The van der Waals surface area contributed by atoms with Gasteiger partial charge in [-0.15, -0.1) is 12.4 Å². The summed E-state index contributed by atoms with van der Waals surface area (Å²) in [6.45, 7) is 2.45. The van der Waals surface area contributed by atoms with Gasteiger partial charge >= 0.3 is 0 Å². The number of halogens is 3. The average Bonchev–Trinajstić information content (AvgIpc) is 2.41. The number of nitrogens with zero attached hydrogens (tertiary/aromatic N) is 1. The lowest BCUT2D eigenvalue weighted by Crippen LogP contribution is -2.42. The van der Waals surface area contributed by atoms with Crippen LogP contribution in [0.15, 0.2) is 23.1 Å². The molecule has 1 aliphatic rings. The van der Waals surface area contributed by atoms with Crippen molar-refractivity contribution in [2.45, 2.75) is 30.7 Å². The van der Waals surface area contributed by atoms with Gasteiger partial charge in [0, 0.05) is 19.1 Å². The summed E-state index contributed by atoms with van der Waals surface area (Å²) in [5.74, 6) is -2.21. The van der Waals surface area contributed by atoms with Gasteiger partial charge in [-0.05, 0) is 37.8 Å². The SMILES string of the molecule is CC(N)C1CCN(S(=O)(=O)c2cccc(F)c2F)CC1.Cl. The fraction of sp³-hybridized carbons (Fsp3) is 0.538. The third kappa shape index (κ3) is 3.71. The fourth-order valence-corrected chi connectivity index (χ4v) is 4.01. The van der Waals surface area contributed by atoms with E-state index in [1.807, 2.05) is 6.92 Å². The van der Waals surface area contributed by atoms with Crippen LogP contribution in [-0.4, -0.2) is 31.9 Å². The van der Waals surface area contributed by atoms with Gasteiger partial charge in [-0.1, -0.05) is 6.07 Å². The smallest absolute Gasteiger partial charge is 0.246 e. The molecular weight excluding hydrogens is 322 g/mol. The van der Waals surface area contributed by atoms with Crippen molar-refractivity contribution in [2.75, 3.05) is 13.1 Å². The van der Waals surface area contributed by atoms with Crippen LogP contribution in [0.2, 0.25) is 0 Å². The molecule has 1 aromatic carbocycles. The number of sulfonamides is 1. The summed E-state index contributed by atoms with van der Waals surface area (Å²) in [6, 6.07) is 3.19. The lowest BCUT2D eigenvalue weighted by Gasteiger charge is -2.32. The molecule has 8 heteroatoms. The molecule has 1 saturated heterocycles. The molecule has 0 amide bonds. The largest absolute Gasteiger partial charge is 0.328 e. The Labute approximate surface area is 129 Å². The maximum absolute atomic E-state index is 13.7. The van der Waals surface area contributed by atoms with Crippen LogP contribution < -0.4 is 5.73 Å². The highest BCUT2D eigenvalue weighted by Gasteiger charge is 2.32. The highest BCUT2D eigenvalue weighted by atomic mass is 35.5. The fourth-order valence-electron chi connectivity index (χ4n) is 2.46. The molecule has 120 valence electrons. The monoisotopic (exact) mass is 340 g/mol.